The molecule has 0 rings (SSSR count). The summed E-state index contributed by atoms with van der Waals surface area (Å²) >= 11 is 0.689. The molecule has 0 unspecified atom stereocenters. The first-order valence-electron chi connectivity index (χ1n) is 1.68. The molecule has 0 aromatic heterocycles. The Balaban J connectivity index is 2.54. The van der Waals surface area contributed by atoms with E-state index in [1.807, 2.05) is 13.8 Å². The fourth-order valence-electron chi connectivity index (χ4n) is 0. The molecule has 2 heteroatoms. The molecule has 0 aromatic rings. The van der Waals surface area contributed by atoms with Gasteiger partial charge >= 0.3 is 46.0 Å². The van der Waals surface area contributed by atoms with Crippen LogP contribution in [0.4, 0.5) is 0 Å². The molecular formula is C3H9OSn. The Hall–Kier alpha value is 0.759. The number of rotatable bonds is 1. The molecule has 0 fully saturated rings. The van der Waals surface area contributed by atoms with E-state index < -0.39 is 0 Å². The van der Waals surface area contributed by atoms with Crippen LogP contribution in [0, 0.1) is 0 Å². The molecule has 0 aliphatic carbocycles. The summed E-state index contributed by atoms with van der Waals surface area (Å²) in [4.78, 5) is 0. The molecule has 0 aromatic carbocycles. The predicted molar refractivity (Wildman–Crippen MR) is 24.8 cm³/mol. The minimum absolute atomic E-state index is 0.460. The predicted octanol–water partition coefficient (Wildman–Crippen LogP) is -0.0405. The average molecular weight is 180 g/mol. The van der Waals surface area contributed by atoms with Crippen molar-refractivity contribution in [1.29, 1.82) is 0 Å². The molecular weight excluding hydrogens is 171 g/mol. The Morgan fingerprint density at radius 3 is 1.80 bits per heavy atom. The van der Waals surface area contributed by atoms with Crippen LogP contribution in [0.25, 0.3) is 0 Å². The van der Waals surface area contributed by atoms with Crippen LogP contribution in [0.1, 0.15) is 13.8 Å². The van der Waals surface area contributed by atoms with Gasteiger partial charge in [-0.1, -0.05) is 0 Å². The molecule has 0 atom stereocenters. The first-order chi connectivity index (χ1) is 2.27. The maximum absolute atomic E-state index is 4.92. The maximum atomic E-state index is 4.92. The normalized spacial score (nSPS) is 9.60. The van der Waals surface area contributed by atoms with Gasteiger partial charge in [0.05, 0.1) is 0 Å². The third kappa shape index (κ3) is 4.76. The quantitative estimate of drug-likeness (QED) is 0.514. The molecule has 1 nitrogen and oxygen atoms in total. The second-order valence-electron chi connectivity index (χ2n) is 1.22. The van der Waals surface area contributed by atoms with Gasteiger partial charge in [0.25, 0.3) is 0 Å². The van der Waals surface area contributed by atoms with Crippen molar-refractivity contribution >= 4 is 22.9 Å². The summed E-state index contributed by atoms with van der Waals surface area (Å²) in [6.07, 6.45) is 0.460. The topological polar surface area (TPSA) is 9.23 Å². The fourth-order valence-corrected chi connectivity index (χ4v) is 0. The first-order valence-corrected chi connectivity index (χ1v) is 3.33. The van der Waals surface area contributed by atoms with Crippen LogP contribution in [0.2, 0.25) is 0 Å². The molecule has 0 aliphatic rings. The van der Waals surface area contributed by atoms with Gasteiger partial charge in [0.2, 0.25) is 0 Å². The van der Waals surface area contributed by atoms with Crippen molar-refractivity contribution in [1.82, 2.24) is 0 Å². The zero-order valence-electron chi connectivity index (χ0n) is 3.69. The summed E-state index contributed by atoms with van der Waals surface area (Å²) in [5.74, 6) is 0. The van der Waals surface area contributed by atoms with E-state index in [-0.39, 0.29) is 0 Å². The molecule has 0 saturated carbocycles. The summed E-state index contributed by atoms with van der Waals surface area (Å²) < 4.78 is 4.92. The second kappa shape index (κ2) is 2.97. The Labute approximate surface area is 46.3 Å². The zero-order chi connectivity index (χ0) is 4.28. The Kier molecular flexibility index (Phi) is 3.42. The van der Waals surface area contributed by atoms with Gasteiger partial charge in [-0.05, 0) is 0 Å². The van der Waals surface area contributed by atoms with Gasteiger partial charge < -0.3 is 0 Å². The fraction of sp³-hybridized carbons (Fsp3) is 1.00. The molecule has 0 saturated heterocycles. The van der Waals surface area contributed by atoms with Gasteiger partial charge in [-0.15, -0.1) is 0 Å². The van der Waals surface area contributed by atoms with E-state index in [1.165, 1.54) is 0 Å². The van der Waals surface area contributed by atoms with Crippen LogP contribution in [0.3, 0.4) is 0 Å². The van der Waals surface area contributed by atoms with Crippen LogP contribution in [0.5, 0.6) is 0 Å². The summed E-state index contributed by atoms with van der Waals surface area (Å²) in [5, 5.41) is 0. The summed E-state index contributed by atoms with van der Waals surface area (Å²) in [7, 11) is 0. The molecule has 0 spiro atoms. The van der Waals surface area contributed by atoms with Crippen molar-refractivity contribution in [3.63, 3.8) is 0 Å². The molecule has 0 heterocycles. The van der Waals surface area contributed by atoms with E-state index in [1.54, 1.807) is 0 Å². The summed E-state index contributed by atoms with van der Waals surface area (Å²) in [6.45, 7) is 4.08. The van der Waals surface area contributed by atoms with E-state index in [2.05, 4.69) is 0 Å². The van der Waals surface area contributed by atoms with E-state index in [0.717, 1.165) is 0 Å². The number of hydrogen-bond donors (Lipinski definition) is 0. The van der Waals surface area contributed by atoms with Crippen molar-refractivity contribution in [2.45, 2.75) is 20.0 Å². The third-order valence-electron chi connectivity index (χ3n) is 0.333. The third-order valence-corrected chi connectivity index (χ3v) is 2.24. The van der Waals surface area contributed by atoms with Gasteiger partial charge in [-0.25, -0.2) is 0 Å². The van der Waals surface area contributed by atoms with E-state index in [4.69, 9.17) is 3.07 Å². The van der Waals surface area contributed by atoms with Crippen LogP contribution in [0.15, 0.2) is 0 Å². The molecule has 0 N–H and O–H groups in total. The van der Waals surface area contributed by atoms with E-state index in [0.29, 0.717) is 29.0 Å². The van der Waals surface area contributed by atoms with Crippen molar-refractivity contribution in [2.75, 3.05) is 0 Å². The van der Waals surface area contributed by atoms with E-state index in [9.17, 15) is 0 Å². The Bertz CT molecular complexity index is 20.9. The first kappa shape index (κ1) is 5.76. The monoisotopic (exact) mass is 181 g/mol. The standard InChI is InChI=1S/C3H7O.Sn.2H/c1-3(2)4;;;/h3H,1-2H3;;;/q-1;+1;;. The van der Waals surface area contributed by atoms with Gasteiger partial charge in [0, 0.05) is 0 Å². The molecule has 31 valence electrons. The van der Waals surface area contributed by atoms with Crippen LogP contribution < -0.4 is 0 Å². The molecule has 5 heavy (non-hydrogen) atoms. The molecule has 0 aliphatic heterocycles. The van der Waals surface area contributed by atoms with Crippen molar-refractivity contribution in [3.8, 4) is 0 Å². The Morgan fingerprint density at radius 1 is 1.60 bits per heavy atom. The van der Waals surface area contributed by atoms with Crippen molar-refractivity contribution < 1.29 is 3.07 Å². The second-order valence-corrected chi connectivity index (χ2v) is 2.17. The average Bonchev–Trinajstić information content (AvgIpc) is 1.38. The Morgan fingerprint density at radius 2 is 1.80 bits per heavy atom. The van der Waals surface area contributed by atoms with Crippen LogP contribution in [-0.4, -0.2) is 29.0 Å². The zero-order valence-corrected chi connectivity index (χ0v) is 7.73. The van der Waals surface area contributed by atoms with Crippen LogP contribution >= 0.6 is 0 Å². The summed E-state index contributed by atoms with van der Waals surface area (Å²) in [5.41, 5.74) is 0. The van der Waals surface area contributed by atoms with Crippen LogP contribution in [-0.2, 0) is 3.07 Å². The van der Waals surface area contributed by atoms with Crippen molar-refractivity contribution in [2.24, 2.45) is 0 Å². The van der Waals surface area contributed by atoms with Crippen molar-refractivity contribution in [3.05, 3.63) is 0 Å². The number of hydrogen-bond acceptors (Lipinski definition) is 1. The van der Waals surface area contributed by atoms with E-state index >= 15 is 0 Å². The van der Waals surface area contributed by atoms with Gasteiger partial charge in [-0.3, -0.25) is 0 Å². The SMILES string of the molecule is CC(C)[O][SnH2]. The van der Waals surface area contributed by atoms with Gasteiger partial charge in [-0.2, -0.15) is 0 Å². The molecule has 0 bridgehead atoms. The summed E-state index contributed by atoms with van der Waals surface area (Å²) in [6, 6.07) is 0. The molecule has 1 radical (unpaired) electrons. The minimum atomic E-state index is 0.460. The molecule has 0 amide bonds. The van der Waals surface area contributed by atoms with Gasteiger partial charge in [0.1, 0.15) is 0 Å². The van der Waals surface area contributed by atoms with Gasteiger partial charge in [0.15, 0.2) is 0 Å².